The molecule has 1 aromatic rings. The van der Waals surface area contributed by atoms with E-state index in [1.165, 1.54) is 0 Å². The molecule has 0 saturated carbocycles. The van der Waals surface area contributed by atoms with Crippen molar-refractivity contribution in [3.8, 4) is 0 Å². The lowest BCUT2D eigenvalue weighted by molar-refractivity contribution is -0.175. The molecule has 2 atom stereocenters. The van der Waals surface area contributed by atoms with E-state index in [2.05, 4.69) is 5.32 Å². The van der Waals surface area contributed by atoms with Crippen molar-refractivity contribution in [1.82, 2.24) is 15.1 Å². The first-order valence-corrected chi connectivity index (χ1v) is 18.7. The number of alkyl carbamates (subject to hydrolysis) is 1. The maximum atomic E-state index is 14.5. The van der Waals surface area contributed by atoms with Gasteiger partial charge in [0.1, 0.15) is 40.9 Å². The van der Waals surface area contributed by atoms with Crippen molar-refractivity contribution in [2.24, 2.45) is 5.41 Å². The Kier molecular flexibility index (Phi) is 16.0. The Morgan fingerprint density at radius 2 is 1.21 bits per heavy atom. The summed E-state index contributed by atoms with van der Waals surface area (Å²) < 4.78 is 22.2. The third kappa shape index (κ3) is 13.4. The highest BCUT2D eigenvalue weighted by Gasteiger charge is 2.58. The lowest BCUT2D eigenvalue weighted by Crippen LogP contribution is -2.70. The SMILES string of the molecule is CCC1(CC)C(=O)N(C(CCCCNC(=O)OCc2ccccc2)C(=O)OC(C)(C)C)C(=S)N(C(CCC(=O)OC(C)(C)C)C(=O)OC(C)(C)C)C1=O. The van der Waals surface area contributed by atoms with Crippen molar-refractivity contribution in [2.75, 3.05) is 6.54 Å². The van der Waals surface area contributed by atoms with Crippen molar-refractivity contribution >= 4 is 53.1 Å². The van der Waals surface area contributed by atoms with Crippen molar-refractivity contribution in [3.63, 3.8) is 0 Å². The van der Waals surface area contributed by atoms with Gasteiger partial charge in [0.05, 0.1) is 0 Å². The first kappa shape index (κ1) is 45.1. The monoisotopic (exact) mass is 761 g/mol. The number of rotatable bonds is 16. The third-order valence-electron chi connectivity index (χ3n) is 8.29. The topological polar surface area (TPSA) is 158 Å². The van der Waals surface area contributed by atoms with Crippen molar-refractivity contribution < 1.29 is 47.7 Å². The number of unbranched alkanes of at least 4 members (excludes halogenated alkanes) is 1. The van der Waals surface area contributed by atoms with Crippen LogP contribution in [0.3, 0.4) is 0 Å². The van der Waals surface area contributed by atoms with Crippen molar-refractivity contribution in [1.29, 1.82) is 0 Å². The first-order valence-electron chi connectivity index (χ1n) is 18.3. The molecule has 1 fully saturated rings. The average Bonchev–Trinajstić information content (AvgIpc) is 3.02. The minimum Gasteiger partial charge on any atom is -0.460 e. The number of benzene rings is 1. The molecule has 53 heavy (non-hydrogen) atoms. The number of nitrogens with one attached hydrogen (secondary N) is 1. The van der Waals surface area contributed by atoms with Crippen LogP contribution in [0, 0.1) is 5.41 Å². The Hall–Kier alpha value is -4.07. The summed E-state index contributed by atoms with van der Waals surface area (Å²) in [5.41, 5.74) is -3.54. The summed E-state index contributed by atoms with van der Waals surface area (Å²) in [5.74, 6) is -3.57. The van der Waals surface area contributed by atoms with Crippen LogP contribution in [0.15, 0.2) is 30.3 Å². The Morgan fingerprint density at radius 1 is 0.736 bits per heavy atom. The summed E-state index contributed by atoms with van der Waals surface area (Å²) in [7, 11) is 0. The zero-order chi connectivity index (χ0) is 40.4. The molecule has 1 aromatic carbocycles. The molecule has 1 aliphatic rings. The normalized spacial score (nSPS) is 16.1. The van der Waals surface area contributed by atoms with Crippen molar-refractivity contribution in [3.05, 3.63) is 35.9 Å². The number of amides is 3. The highest BCUT2D eigenvalue weighted by molar-refractivity contribution is 7.80. The minimum absolute atomic E-state index is 0.0416. The first-order chi connectivity index (χ1) is 24.5. The van der Waals surface area contributed by atoms with Crippen LogP contribution in [0.2, 0.25) is 0 Å². The predicted molar refractivity (Wildman–Crippen MR) is 202 cm³/mol. The highest BCUT2D eigenvalue weighted by Crippen LogP contribution is 2.40. The van der Waals surface area contributed by atoms with E-state index in [4.69, 9.17) is 31.2 Å². The van der Waals surface area contributed by atoms with Gasteiger partial charge in [-0.1, -0.05) is 44.2 Å². The second-order valence-corrected chi connectivity index (χ2v) is 16.5. The fourth-order valence-electron chi connectivity index (χ4n) is 5.77. The maximum Gasteiger partial charge on any atom is 0.407 e. The summed E-state index contributed by atoms with van der Waals surface area (Å²) in [4.78, 5) is 84.1. The van der Waals surface area contributed by atoms with Gasteiger partial charge in [-0.05, 0) is 119 Å². The minimum atomic E-state index is -1.68. The number of nitrogens with zero attached hydrogens (tertiary/aromatic N) is 2. The van der Waals surface area contributed by atoms with Gasteiger partial charge >= 0.3 is 24.0 Å². The van der Waals surface area contributed by atoms with Gasteiger partial charge in [0.15, 0.2) is 5.11 Å². The van der Waals surface area contributed by atoms with E-state index in [1.807, 2.05) is 30.3 Å². The highest BCUT2D eigenvalue weighted by atomic mass is 32.1. The summed E-state index contributed by atoms with van der Waals surface area (Å²) in [5, 5.41) is 2.33. The van der Waals surface area contributed by atoms with E-state index in [-0.39, 0.29) is 50.4 Å². The van der Waals surface area contributed by atoms with Crippen molar-refractivity contribution in [2.45, 2.75) is 157 Å². The second kappa shape index (κ2) is 18.8. The lowest BCUT2D eigenvalue weighted by Gasteiger charge is -2.49. The molecule has 0 spiro atoms. The molecule has 0 radical (unpaired) electrons. The Bertz CT molecular complexity index is 1470. The molecule has 0 aromatic heterocycles. The second-order valence-electron chi connectivity index (χ2n) is 16.1. The molecule has 2 rings (SSSR count). The molecular weight excluding hydrogens is 703 g/mol. The van der Waals surface area contributed by atoms with Crippen LogP contribution in [0.1, 0.15) is 127 Å². The van der Waals surface area contributed by atoms with E-state index >= 15 is 0 Å². The van der Waals surface area contributed by atoms with Gasteiger partial charge in [0, 0.05) is 13.0 Å². The zero-order valence-corrected chi connectivity index (χ0v) is 34.1. The van der Waals surface area contributed by atoms with Crippen LogP contribution in [0.5, 0.6) is 0 Å². The van der Waals surface area contributed by atoms with Gasteiger partial charge in [-0.15, -0.1) is 0 Å². The predicted octanol–water partition coefficient (Wildman–Crippen LogP) is 6.39. The molecular formula is C39H59N3O10S. The number of hydrogen-bond acceptors (Lipinski definition) is 11. The van der Waals surface area contributed by atoms with Crippen LogP contribution in [-0.2, 0) is 49.5 Å². The van der Waals surface area contributed by atoms with Gasteiger partial charge in [0.2, 0.25) is 11.8 Å². The molecule has 296 valence electrons. The molecule has 13 nitrogen and oxygen atoms in total. The zero-order valence-electron chi connectivity index (χ0n) is 33.3. The van der Waals surface area contributed by atoms with Gasteiger partial charge in [0.25, 0.3) is 0 Å². The molecule has 1 aliphatic heterocycles. The summed E-state index contributed by atoms with van der Waals surface area (Å²) in [6, 6.07) is 6.54. The molecule has 2 unspecified atom stereocenters. The molecule has 3 amide bonds. The summed E-state index contributed by atoms with van der Waals surface area (Å²) in [6.45, 7) is 18.9. The molecule has 0 bridgehead atoms. The number of carbonyl (C=O) groups excluding carboxylic acids is 6. The number of esters is 3. The van der Waals surface area contributed by atoms with E-state index < -0.39 is 70.1 Å². The molecule has 0 aliphatic carbocycles. The van der Waals surface area contributed by atoms with E-state index in [9.17, 15) is 28.8 Å². The fraction of sp³-hybridized carbons (Fsp3) is 0.667. The van der Waals surface area contributed by atoms with E-state index in [0.29, 0.717) is 12.8 Å². The summed E-state index contributed by atoms with van der Waals surface area (Å²) >= 11 is 5.85. The molecule has 1 saturated heterocycles. The van der Waals surface area contributed by atoms with Crippen LogP contribution in [0.4, 0.5) is 4.79 Å². The van der Waals surface area contributed by atoms with Gasteiger partial charge in [-0.25, -0.2) is 14.4 Å². The largest absolute Gasteiger partial charge is 0.460 e. The van der Waals surface area contributed by atoms with Gasteiger partial charge in [-0.3, -0.25) is 24.2 Å². The maximum absolute atomic E-state index is 14.5. The smallest absolute Gasteiger partial charge is 0.407 e. The molecule has 1 N–H and O–H groups in total. The van der Waals surface area contributed by atoms with Crippen LogP contribution < -0.4 is 5.32 Å². The summed E-state index contributed by atoms with van der Waals surface area (Å²) in [6.07, 6.45) is -0.201. The van der Waals surface area contributed by atoms with Crippen LogP contribution >= 0.6 is 12.2 Å². The average molecular weight is 762 g/mol. The molecule has 1 heterocycles. The number of ether oxygens (including phenoxy) is 4. The number of hydrogen-bond donors (Lipinski definition) is 1. The van der Waals surface area contributed by atoms with Crippen LogP contribution in [0.25, 0.3) is 0 Å². The van der Waals surface area contributed by atoms with Gasteiger partial charge < -0.3 is 24.3 Å². The third-order valence-corrected chi connectivity index (χ3v) is 8.68. The Labute approximate surface area is 319 Å². The lowest BCUT2D eigenvalue weighted by atomic mass is 9.77. The number of thiocarbonyl (C=S) groups is 1. The fourth-order valence-corrected chi connectivity index (χ4v) is 6.19. The van der Waals surface area contributed by atoms with E-state index in [1.54, 1.807) is 76.2 Å². The standard InChI is InChI=1S/C39H59N3O10S/c1-12-39(13-2)32(46)41(35(53)42(33(39)47)28(31(45)52-38(9,10)11)22-23-29(43)50-36(3,4)5)27(30(44)51-37(6,7)8)21-17-18-24-40-34(48)49-25-26-19-15-14-16-20-26/h14-16,19-20,27-28H,12-13,17-18,21-25H2,1-11H3,(H,40,48). The Balaban J connectivity index is 2.47. The van der Waals surface area contributed by atoms with Gasteiger partial charge in [-0.2, -0.15) is 0 Å². The number of carbonyl (C=O) groups is 6. The Morgan fingerprint density at radius 3 is 1.66 bits per heavy atom. The molecule has 14 heteroatoms. The van der Waals surface area contributed by atoms with Crippen LogP contribution in [-0.4, -0.2) is 86.2 Å². The van der Waals surface area contributed by atoms with E-state index in [0.717, 1.165) is 15.4 Å². The quantitative estimate of drug-likeness (QED) is 0.0655.